The van der Waals surface area contributed by atoms with Crippen molar-refractivity contribution in [2.24, 2.45) is 14.1 Å². The summed E-state index contributed by atoms with van der Waals surface area (Å²) in [6.45, 7) is 2.48. The van der Waals surface area contributed by atoms with Crippen molar-refractivity contribution in [1.29, 1.82) is 5.26 Å². The van der Waals surface area contributed by atoms with Gasteiger partial charge in [0.25, 0.3) is 0 Å². The predicted octanol–water partition coefficient (Wildman–Crippen LogP) is 8.11. The monoisotopic (exact) mass is 700 g/mol. The maximum Gasteiger partial charge on any atom is 0.353 e. The fourth-order valence-electron chi connectivity index (χ4n) is 6.40. The van der Waals surface area contributed by atoms with E-state index in [-0.39, 0.29) is 30.2 Å². The number of carboxylic acids is 1. The quantitative estimate of drug-likeness (QED) is 0.183. The van der Waals surface area contributed by atoms with E-state index in [2.05, 4.69) is 12.1 Å². The van der Waals surface area contributed by atoms with Crippen LogP contribution in [0.4, 0.5) is 4.39 Å². The van der Waals surface area contributed by atoms with Crippen molar-refractivity contribution in [3.05, 3.63) is 93.4 Å². The molecule has 1 N–H and O–H groups in total. The predicted molar refractivity (Wildman–Crippen MR) is 187 cm³/mol. The minimum atomic E-state index is -1.20. The lowest BCUT2D eigenvalue weighted by Gasteiger charge is -2.14. The molecule has 0 unspecified atom stereocenters. The molecule has 7 rings (SSSR count). The van der Waals surface area contributed by atoms with Gasteiger partial charge in [-0.3, -0.25) is 9.36 Å². The molecule has 3 aromatic carbocycles. The summed E-state index contributed by atoms with van der Waals surface area (Å²) >= 11 is 10.2. The highest BCUT2D eigenvalue weighted by atomic mass is 35.5. The van der Waals surface area contributed by atoms with Gasteiger partial charge in [0.1, 0.15) is 23.3 Å². The van der Waals surface area contributed by atoms with Crippen LogP contribution in [-0.4, -0.2) is 41.8 Å². The first-order valence-electron chi connectivity index (χ1n) is 15.2. The zero-order valence-electron chi connectivity index (χ0n) is 26.4. The van der Waals surface area contributed by atoms with Crippen LogP contribution in [0, 0.1) is 24.1 Å². The topological polar surface area (TPSA) is 111 Å². The van der Waals surface area contributed by atoms with Crippen molar-refractivity contribution < 1.29 is 19.0 Å². The fourth-order valence-corrected chi connectivity index (χ4v) is 8.49. The normalized spacial score (nSPS) is 14.0. The summed E-state index contributed by atoms with van der Waals surface area (Å²) in [5, 5.41) is 32.8. The van der Waals surface area contributed by atoms with Gasteiger partial charge in [-0.25, -0.2) is 9.18 Å². The molecular weight excluding hydrogens is 671 g/mol. The molecule has 13 heteroatoms. The first-order chi connectivity index (χ1) is 23.1. The summed E-state index contributed by atoms with van der Waals surface area (Å²) in [7, 11) is 3.79. The Morgan fingerprint density at radius 1 is 1.06 bits per heavy atom. The van der Waals surface area contributed by atoms with Crippen molar-refractivity contribution in [2.45, 2.75) is 42.0 Å². The number of aromatic nitrogens is 5. The molecule has 48 heavy (non-hydrogen) atoms. The molecule has 0 saturated heterocycles. The number of hydrogen-bond acceptors (Lipinski definition) is 7. The van der Waals surface area contributed by atoms with Crippen LogP contribution in [0.15, 0.2) is 53.4 Å². The number of halogens is 2. The summed E-state index contributed by atoms with van der Waals surface area (Å²) in [6.07, 6.45) is 0.443. The van der Waals surface area contributed by atoms with Gasteiger partial charge in [-0.1, -0.05) is 11.6 Å². The van der Waals surface area contributed by atoms with Crippen molar-refractivity contribution in [3.8, 4) is 22.9 Å². The Morgan fingerprint density at radius 2 is 1.90 bits per heavy atom. The van der Waals surface area contributed by atoms with Crippen LogP contribution in [0.25, 0.3) is 32.8 Å². The van der Waals surface area contributed by atoms with E-state index < -0.39 is 5.97 Å². The number of fused-ring (bicyclic) bond motifs is 8. The Hall–Kier alpha value is -4.44. The first kappa shape index (κ1) is 32.1. The number of carbonyl (C=O) groups is 1. The molecule has 8 bridgehead atoms. The SMILES string of the molecule is Cc1c2c(nn1C)CSCc1cc(n(C)n1)CSc1cc(c3ccc(F)cc3c1)OCCCn1c(C(=O)O)c(C#N)c3c-2c(Cl)ccc31. The number of benzene rings is 3. The van der Waals surface area contributed by atoms with Crippen molar-refractivity contribution >= 4 is 62.8 Å². The third-order valence-corrected chi connectivity index (χ3v) is 11.0. The zero-order chi connectivity index (χ0) is 33.7. The molecule has 0 radical (unpaired) electrons. The van der Waals surface area contributed by atoms with E-state index in [4.69, 9.17) is 26.5 Å². The van der Waals surface area contributed by atoms with Gasteiger partial charge in [0.15, 0.2) is 0 Å². The van der Waals surface area contributed by atoms with Crippen LogP contribution < -0.4 is 4.74 Å². The molecular formula is C35H30ClFN6O3S2. The van der Waals surface area contributed by atoms with Crippen LogP contribution in [-0.2, 0) is 37.9 Å². The van der Waals surface area contributed by atoms with Crippen molar-refractivity contribution in [3.63, 3.8) is 0 Å². The maximum absolute atomic E-state index is 14.3. The maximum atomic E-state index is 14.3. The summed E-state index contributed by atoms with van der Waals surface area (Å²) < 4.78 is 25.9. The first-order valence-corrected chi connectivity index (χ1v) is 17.8. The van der Waals surface area contributed by atoms with Crippen molar-refractivity contribution in [1.82, 2.24) is 24.1 Å². The molecule has 0 fully saturated rings. The number of nitriles is 1. The number of carboxylic acid groups (broad SMARTS) is 1. The molecule has 6 aromatic rings. The van der Waals surface area contributed by atoms with E-state index in [0.717, 1.165) is 44.0 Å². The molecule has 0 atom stereocenters. The van der Waals surface area contributed by atoms with E-state index >= 15 is 0 Å². The fraction of sp³-hybridized carbons (Fsp3) is 0.257. The smallest absolute Gasteiger partial charge is 0.353 e. The van der Waals surface area contributed by atoms with Gasteiger partial charge < -0.3 is 14.4 Å². The van der Waals surface area contributed by atoms with Gasteiger partial charge in [0.05, 0.1) is 29.1 Å². The second kappa shape index (κ2) is 12.9. The Bertz CT molecular complexity index is 2300. The van der Waals surface area contributed by atoms with Crippen LogP contribution in [0.5, 0.6) is 5.75 Å². The standard InChI is InChI=1S/C35H30ClFN6O3S2/c1-19-31-28(40-41(19)2)18-47-16-22-13-23(42(3)39-22)17-48-24-12-20-11-21(37)5-6-25(20)30(14-24)46-10-4-9-43-29-8-7-27(36)33(31)32(29)26(15-38)34(43)35(44)45/h5-8,11-14H,4,9-10,16-18H2,1-3H3,(H,44,45). The van der Waals surface area contributed by atoms with E-state index in [1.165, 1.54) is 12.1 Å². The molecule has 0 saturated carbocycles. The van der Waals surface area contributed by atoms with Gasteiger partial charge in [0.2, 0.25) is 0 Å². The lowest BCUT2D eigenvalue weighted by atomic mass is 9.97. The van der Waals surface area contributed by atoms with Gasteiger partial charge in [-0.2, -0.15) is 15.5 Å². The highest BCUT2D eigenvalue weighted by Gasteiger charge is 2.29. The number of thioether (sulfide) groups is 2. The van der Waals surface area contributed by atoms with Gasteiger partial charge in [-0.15, -0.1) is 23.5 Å². The molecule has 1 aliphatic heterocycles. The Morgan fingerprint density at radius 3 is 2.69 bits per heavy atom. The van der Waals surface area contributed by atoms with Crippen LogP contribution in [0.2, 0.25) is 5.02 Å². The molecule has 4 heterocycles. The third kappa shape index (κ3) is 5.70. The molecule has 3 aromatic heterocycles. The molecule has 9 nitrogen and oxygen atoms in total. The number of hydrogen-bond donors (Lipinski definition) is 1. The highest BCUT2D eigenvalue weighted by Crippen LogP contribution is 2.43. The lowest BCUT2D eigenvalue weighted by molar-refractivity contribution is 0.0684. The van der Waals surface area contributed by atoms with E-state index in [0.29, 0.717) is 50.9 Å². The Balaban J connectivity index is 1.38. The van der Waals surface area contributed by atoms with E-state index in [1.54, 1.807) is 51.0 Å². The van der Waals surface area contributed by atoms with Gasteiger partial charge in [0, 0.05) is 81.1 Å². The van der Waals surface area contributed by atoms with Crippen LogP contribution in [0.1, 0.15) is 45.2 Å². The molecule has 1 aliphatic rings. The van der Waals surface area contributed by atoms with Crippen LogP contribution in [0.3, 0.4) is 0 Å². The molecule has 0 aliphatic carbocycles. The average molecular weight is 701 g/mol. The third-order valence-electron chi connectivity index (χ3n) is 8.69. The minimum Gasteiger partial charge on any atom is -0.493 e. The minimum absolute atomic E-state index is 0.0543. The van der Waals surface area contributed by atoms with Crippen molar-refractivity contribution in [2.75, 3.05) is 6.61 Å². The summed E-state index contributed by atoms with van der Waals surface area (Å²) in [5.74, 6) is 0.934. The van der Waals surface area contributed by atoms with Gasteiger partial charge in [-0.05, 0) is 67.3 Å². The second-order valence-electron chi connectivity index (χ2n) is 11.7. The zero-order valence-corrected chi connectivity index (χ0v) is 28.8. The van der Waals surface area contributed by atoms with E-state index in [1.807, 2.05) is 37.8 Å². The highest BCUT2D eigenvalue weighted by molar-refractivity contribution is 7.98. The van der Waals surface area contributed by atoms with Crippen LogP contribution >= 0.6 is 35.1 Å². The Kier molecular flexibility index (Phi) is 8.62. The molecule has 0 amide bonds. The summed E-state index contributed by atoms with van der Waals surface area (Å²) in [6, 6.07) is 16.3. The number of rotatable bonds is 1. The lowest BCUT2D eigenvalue weighted by Crippen LogP contribution is -2.12. The number of aryl methyl sites for hydroxylation is 3. The summed E-state index contributed by atoms with van der Waals surface area (Å²) in [5.41, 5.74) is 5.57. The average Bonchev–Trinajstić information content (AvgIpc) is 3.67. The number of ether oxygens (including phenoxy) is 1. The summed E-state index contributed by atoms with van der Waals surface area (Å²) in [4.78, 5) is 13.7. The van der Waals surface area contributed by atoms with E-state index in [9.17, 15) is 19.6 Å². The molecule has 244 valence electrons. The molecule has 0 spiro atoms. The Labute approximate surface area is 289 Å². The number of nitrogens with zero attached hydrogens (tertiary/aromatic N) is 6. The number of aromatic carboxylic acids is 1. The van der Waals surface area contributed by atoms with Gasteiger partial charge >= 0.3 is 5.97 Å². The largest absolute Gasteiger partial charge is 0.493 e. The second-order valence-corrected chi connectivity index (χ2v) is 14.1.